The van der Waals surface area contributed by atoms with Crippen molar-refractivity contribution in [2.75, 3.05) is 13.1 Å². The molecule has 3 aromatic heterocycles. The van der Waals surface area contributed by atoms with Crippen LogP contribution in [0.4, 0.5) is 8.78 Å². The number of nitrogens with one attached hydrogen (secondary N) is 1. The molecule has 5 rings (SSSR count). The lowest BCUT2D eigenvalue weighted by atomic mass is 9.96. The van der Waals surface area contributed by atoms with E-state index < -0.39 is 11.6 Å². The smallest absolute Gasteiger partial charge is 0.219 e. The van der Waals surface area contributed by atoms with Gasteiger partial charge in [0, 0.05) is 43.5 Å². The number of piperidine rings is 1. The zero-order valence-corrected chi connectivity index (χ0v) is 19.2. The van der Waals surface area contributed by atoms with Crippen LogP contribution in [0.25, 0.3) is 28.3 Å². The van der Waals surface area contributed by atoms with E-state index in [1.807, 2.05) is 18.7 Å². The largest absolute Gasteiger partial charge is 0.343 e. The van der Waals surface area contributed by atoms with E-state index in [0.717, 1.165) is 18.9 Å². The third-order valence-corrected chi connectivity index (χ3v) is 6.30. The molecule has 4 aromatic rings. The van der Waals surface area contributed by atoms with Crippen LogP contribution >= 0.6 is 0 Å². The Balaban J connectivity index is 1.61. The van der Waals surface area contributed by atoms with Crippen molar-refractivity contribution in [2.24, 2.45) is 0 Å². The number of carbonyl (C=O) groups is 1. The highest BCUT2D eigenvalue weighted by molar-refractivity contribution is 5.77. The van der Waals surface area contributed by atoms with Gasteiger partial charge < -0.3 is 9.88 Å². The third-order valence-electron chi connectivity index (χ3n) is 6.30. The first-order valence-corrected chi connectivity index (χ1v) is 11.4. The molecule has 176 valence electrons. The van der Waals surface area contributed by atoms with E-state index in [9.17, 15) is 13.6 Å². The molecule has 1 fully saturated rings. The van der Waals surface area contributed by atoms with Crippen LogP contribution in [-0.4, -0.2) is 53.7 Å². The number of hydrogen-bond acceptors (Lipinski definition) is 5. The van der Waals surface area contributed by atoms with E-state index in [4.69, 9.17) is 10.1 Å². The normalized spacial score (nSPS) is 14.9. The zero-order valence-electron chi connectivity index (χ0n) is 19.2. The highest BCUT2D eigenvalue weighted by atomic mass is 19.1. The first-order valence-electron chi connectivity index (χ1n) is 11.4. The minimum atomic E-state index is -0.684. The second-order valence-electron chi connectivity index (χ2n) is 8.95. The van der Waals surface area contributed by atoms with Gasteiger partial charge in [-0.1, -0.05) is 13.8 Å². The van der Waals surface area contributed by atoms with E-state index in [0.29, 0.717) is 47.5 Å². The predicted molar refractivity (Wildman–Crippen MR) is 122 cm³/mol. The molecule has 1 aliphatic rings. The fourth-order valence-electron chi connectivity index (χ4n) is 4.42. The van der Waals surface area contributed by atoms with Gasteiger partial charge in [0.2, 0.25) is 5.91 Å². The SMILES string of the molecule is CC(=O)N1CCC(c2nc(-c3ccc4nnc(C(C)C)n4n3)c(-c3ccc(F)cc3F)[nH]2)CC1. The minimum Gasteiger partial charge on any atom is -0.343 e. The lowest BCUT2D eigenvalue weighted by molar-refractivity contribution is -0.129. The molecule has 0 aliphatic carbocycles. The molecule has 1 saturated heterocycles. The van der Waals surface area contributed by atoms with E-state index in [-0.39, 0.29) is 23.3 Å². The Hall–Kier alpha value is -3.69. The predicted octanol–water partition coefficient (Wildman–Crippen LogP) is 4.31. The van der Waals surface area contributed by atoms with Crippen LogP contribution in [-0.2, 0) is 4.79 Å². The van der Waals surface area contributed by atoms with Crippen LogP contribution in [0, 0.1) is 11.6 Å². The van der Waals surface area contributed by atoms with Crippen LogP contribution < -0.4 is 0 Å². The van der Waals surface area contributed by atoms with Gasteiger partial charge in [-0.3, -0.25) is 4.79 Å². The van der Waals surface area contributed by atoms with Gasteiger partial charge in [0.1, 0.15) is 28.8 Å². The molecule has 34 heavy (non-hydrogen) atoms. The number of benzene rings is 1. The number of carbonyl (C=O) groups excluding carboxylic acids is 1. The fourth-order valence-corrected chi connectivity index (χ4v) is 4.42. The molecule has 0 unspecified atom stereocenters. The first-order chi connectivity index (χ1) is 16.3. The quantitative estimate of drug-likeness (QED) is 0.485. The number of halogens is 2. The molecule has 1 amide bonds. The van der Waals surface area contributed by atoms with Crippen molar-refractivity contribution < 1.29 is 13.6 Å². The minimum absolute atomic E-state index is 0.0556. The van der Waals surface area contributed by atoms with Crippen molar-refractivity contribution in [3.8, 4) is 22.6 Å². The third kappa shape index (κ3) is 3.93. The summed E-state index contributed by atoms with van der Waals surface area (Å²) in [5.74, 6) is 0.316. The molecule has 0 spiro atoms. The van der Waals surface area contributed by atoms with Crippen molar-refractivity contribution in [3.63, 3.8) is 0 Å². The number of H-pyrrole nitrogens is 1. The van der Waals surface area contributed by atoms with Gasteiger partial charge in [-0.2, -0.15) is 9.61 Å². The number of aromatic nitrogens is 6. The molecule has 0 bridgehead atoms. The van der Waals surface area contributed by atoms with Gasteiger partial charge in [0.15, 0.2) is 11.5 Å². The topological polar surface area (TPSA) is 92.1 Å². The summed E-state index contributed by atoms with van der Waals surface area (Å²) in [5, 5.41) is 13.1. The summed E-state index contributed by atoms with van der Waals surface area (Å²) in [6.07, 6.45) is 1.49. The highest BCUT2D eigenvalue weighted by Gasteiger charge is 2.27. The maximum Gasteiger partial charge on any atom is 0.219 e. The number of amides is 1. The van der Waals surface area contributed by atoms with Gasteiger partial charge in [-0.25, -0.2) is 13.8 Å². The van der Waals surface area contributed by atoms with E-state index in [1.165, 1.54) is 12.1 Å². The molecular weight excluding hydrogens is 440 g/mol. The monoisotopic (exact) mass is 465 g/mol. The van der Waals surface area contributed by atoms with E-state index in [1.54, 1.807) is 23.6 Å². The second kappa shape index (κ2) is 8.58. The molecule has 8 nitrogen and oxygen atoms in total. The van der Waals surface area contributed by atoms with Crippen LogP contribution in [0.1, 0.15) is 57.1 Å². The Morgan fingerprint density at radius 3 is 2.56 bits per heavy atom. The number of rotatable bonds is 4. The lowest BCUT2D eigenvalue weighted by Crippen LogP contribution is -2.36. The molecule has 1 aliphatic heterocycles. The molecule has 1 aromatic carbocycles. The lowest BCUT2D eigenvalue weighted by Gasteiger charge is -2.30. The number of nitrogens with zero attached hydrogens (tertiary/aromatic N) is 6. The van der Waals surface area contributed by atoms with Gasteiger partial charge in [0.25, 0.3) is 0 Å². The second-order valence-corrected chi connectivity index (χ2v) is 8.95. The highest BCUT2D eigenvalue weighted by Crippen LogP contribution is 2.35. The maximum absolute atomic E-state index is 14.8. The molecule has 1 N–H and O–H groups in total. The summed E-state index contributed by atoms with van der Waals surface area (Å²) in [7, 11) is 0. The summed E-state index contributed by atoms with van der Waals surface area (Å²) in [5.41, 5.74) is 2.25. The summed E-state index contributed by atoms with van der Waals surface area (Å²) in [4.78, 5) is 21.7. The number of imidazole rings is 1. The van der Waals surface area contributed by atoms with Crippen LogP contribution in [0.5, 0.6) is 0 Å². The van der Waals surface area contributed by atoms with Crippen molar-refractivity contribution >= 4 is 11.6 Å². The van der Waals surface area contributed by atoms with Gasteiger partial charge in [-0.05, 0) is 37.1 Å². The Morgan fingerprint density at radius 2 is 1.88 bits per heavy atom. The van der Waals surface area contributed by atoms with Crippen molar-refractivity contribution in [1.82, 2.24) is 34.7 Å². The molecule has 0 atom stereocenters. The van der Waals surface area contributed by atoms with Crippen molar-refractivity contribution in [2.45, 2.75) is 45.4 Å². The number of hydrogen-bond donors (Lipinski definition) is 1. The Kier molecular flexibility index (Phi) is 5.59. The van der Waals surface area contributed by atoms with Gasteiger partial charge in [-0.15, -0.1) is 10.2 Å². The van der Waals surface area contributed by atoms with Gasteiger partial charge >= 0.3 is 0 Å². The van der Waals surface area contributed by atoms with Crippen LogP contribution in [0.3, 0.4) is 0 Å². The molecular formula is C24H25F2N7O. The molecule has 0 saturated carbocycles. The first kappa shape index (κ1) is 22.1. The average molecular weight is 466 g/mol. The van der Waals surface area contributed by atoms with E-state index >= 15 is 0 Å². The van der Waals surface area contributed by atoms with Crippen LogP contribution in [0.2, 0.25) is 0 Å². The maximum atomic E-state index is 14.8. The standard InChI is InChI=1S/C24H25F2N7O/c1-13(2)24-30-29-20-7-6-19(31-33(20)24)22-21(17-5-4-16(25)12-18(17)26)27-23(28-22)15-8-10-32(11-9-15)14(3)34/h4-7,12-13,15H,8-11H2,1-3H3,(H,27,28). The summed E-state index contributed by atoms with van der Waals surface area (Å²) in [6.45, 7) is 6.85. The Labute approximate surface area is 195 Å². The van der Waals surface area contributed by atoms with Crippen LogP contribution in [0.15, 0.2) is 30.3 Å². The average Bonchev–Trinajstić information content (AvgIpc) is 3.43. The Bertz CT molecular complexity index is 1370. The molecule has 4 heterocycles. The molecule has 10 heteroatoms. The summed E-state index contributed by atoms with van der Waals surface area (Å²) < 4.78 is 30.1. The van der Waals surface area contributed by atoms with Crippen molar-refractivity contribution in [3.05, 3.63) is 53.6 Å². The zero-order chi connectivity index (χ0) is 24.0. The molecule has 0 radical (unpaired) electrons. The number of fused-ring (bicyclic) bond motifs is 1. The van der Waals surface area contributed by atoms with Crippen molar-refractivity contribution in [1.29, 1.82) is 0 Å². The number of aromatic amines is 1. The number of likely N-dealkylation sites (tertiary alicyclic amines) is 1. The van der Waals surface area contributed by atoms with E-state index in [2.05, 4.69) is 15.2 Å². The Morgan fingerprint density at radius 1 is 1.12 bits per heavy atom. The summed E-state index contributed by atoms with van der Waals surface area (Å²) in [6, 6.07) is 7.06. The summed E-state index contributed by atoms with van der Waals surface area (Å²) >= 11 is 0. The van der Waals surface area contributed by atoms with Gasteiger partial charge in [0.05, 0.1) is 5.69 Å². The fraction of sp³-hybridized carbons (Fsp3) is 0.375.